The number of fused-ring (bicyclic) bond motifs is 3. The Morgan fingerprint density at radius 3 is 2.52 bits per heavy atom. The lowest BCUT2D eigenvalue weighted by atomic mass is 10.1. The Morgan fingerprint density at radius 1 is 1.24 bits per heavy atom. The molecule has 0 aromatic rings. The molecule has 0 aliphatic carbocycles. The molecule has 3 heterocycles. The minimum absolute atomic E-state index is 0.492. The van der Waals surface area contributed by atoms with E-state index in [4.69, 9.17) is 23.7 Å². The Kier molecular flexibility index (Phi) is 3.51. The van der Waals surface area contributed by atoms with Crippen LogP contribution in [0.3, 0.4) is 0 Å². The highest BCUT2D eigenvalue weighted by molar-refractivity contribution is 14.1. The minimum atomic E-state index is -1.07. The van der Waals surface area contributed by atoms with Crippen molar-refractivity contribution in [1.29, 1.82) is 0 Å². The van der Waals surface area contributed by atoms with Crippen LogP contribution in [0.15, 0.2) is 0 Å². The molecule has 5 atom stereocenters. The fraction of sp³-hybridized carbons (Fsp3) is 0.846. The molecule has 0 saturated carbocycles. The maximum Gasteiger partial charge on any atom is 0.350 e. The van der Waals surface area contributed by atoms with Gasteiger partial charge in [0.2, 0.25) is 6.10 Å². The number of ether oxygens (including phenoxy) is 5. The van der Waals surface area contributed by atoms with Gasteiger partial charge in [-0.05, 0) is 27.7 Å². The number of halogens is 1. The van der Waals surface area contributed by atoms with Gasteiger partial charge in [0.15, 0.2) is 24.3 Å². The summed E-state index contributed by atoms with van der Waals surface area (Å²) in [5, 5.41) is 0. The maximum atomic E-state index is 11.9. The van der Waals surface area contributed by atoms with Crippen LogP contribution in [-0.4, -0.2) is 51.9 Å². The summed E-state index contributed by atoms with van der Waals surface area (Å²) in [7, 11) is 0. The summed E-state index contributed by atoms with van der Waals surface area (Å²) in [5.74, 6) is -1.88. The molecule has 5 unspecified atom stereocenters. The van der Waals surface area contributed by atoms with Crippen molar-refractivity contribution in [1.82, 2.24) is 0 Å². The van der Waals surface area contributed by atoms with Crippen molar-refractivity contribution in [3.05, 3.63) is 0 Å². The molecule has 0 aromatic heterocycles. The lowest BCUT2D eigenvalue weighted by Gasteiger charge is -2.23. The molecule has 8 heteroatoms. The lowest BCUT2D eigenvalue weighted by Crippen LogP contribution is -2.40. The zero-order valence-electron chi connectivity index (χ0n) is 12.1. The number of rotatable bonds is 2. The van der Waals surface area contributed by atoms with Gasteiger partial charge in [-0.2, -0.15) is 0 Å². The van der Waals surface area contributed by atoms with Gasteiger partial charge in [-0.1, -0.05) is 22.6 Å². The average molecular weight is 412 g/mol. The van der Waals surface area contributed by atoms with Gasteiger partial charge in [0.05, 0.1) is 0 Å². The predicted octanol–water partition coefficient (Wildman–Crippen LogP) is 0.914. The first-order valence-electron chi connectivity index (χ1n) is 6.70. The lowest BCUT2D eigenvalue weighted by molar-refractivity contribution is -0.217. The molecule has 21 heavy (non-hydrogen) atoms. The minimum Gasteiger partial charge on any atom is -0.454 e. The molecule has 3 aliphatic rings. The first kappa shape index (κ1) is 15.4. The number of esters is 2. The molecule has 0 radical (unpaired) electrons. The van der Waals surface area contributed by atoms with Crippen molar-refractivity contribution < 1.29 is 33.3 Å². The normalized spacial score (nSPS) is 40.6. The number of hydrogen-bond acceptors (Lipinski definition) is 7. The standard InChI is InChI=1S/C13H17IO7/c1-12(2,14)11(16)19-7-5-6(17-9(7)15)8-10(18-5)21-13(3,4)20-8/h5-8,10H,1-4H3. The van der Waals surface area contributed by atoms with Gasteiger partial charge >= 0.3 is 11.9 Å². The Labute approximate surface area is 135 Å². The van der Waals surface area contributed by atoms with Gasteiger partial charge in [-0.15, -0.1) is 0 Å². The van der Waals surface area contributed by atoms with Crippen molar-refractivity contribution >= 4 is 34.5 Å². The number of carbonyl (C=O) groups excluding carboxylic acids is 2. The third-order valence-electron chi connectivity index (χ3n) is 3.53. The zero-order valence-corrected chi connectivity index (χ0v) is 14.3. The summed E-state index contributed by atoms with van der Waals surface area (Å²) in [6.07, 6.45) is -3.48. The van der Waals surface area contributed by atoms with Crippen LogP contribution in [0.25, 0.3) is 0 Å². The van der Waals surface area contributed by atoms with Crippen LogP contribution >= 0.6 is 22.6 Å². The molecular weight excluding hydrogens is 395 g/mol. The number of hydrogen-bond donors (Lipinski definition) is 0. The maximum absolute atomic E-state index is 11.9. The van der Waals surface area contributed by atoms with E-state index >= 15 is 0 Å². The van der Waals surface area contributed by atoms with Gasteiger partial charge in [0.1, 0.15) is 9.53 Å². The molecule has 0 aromatic carbocycles. The van der Waals surface area contributed by atoms with Crippen molar-refractivity contribution in [3.8, 4) is 0 Å². The molecule has 7 nitrogen and oxygen atoms in total. The fourth-order valence-electron chi connectivity index (χ4n) is 2.59. The highest BCUT2D eigenvalue weighted by atomic mass is 127. The molecule has 0 bridgehead atoms. The van der Waals surface area contributed by atoms with E-state index in [1.54, 1.807) is 27.7 Å². The van der Waals surface area contributed by atoms with E-state index in [1.165, 1.54) is 0 Å². The second-order valence-electron chi connectivity index (χ2n) is 6.27. The summed E-state index contributed by atoms with van der Waals surface area (Å²) >= 11 is 1.95. The monoisotopic (exact) mass is 412 g/mol. The van der Waals surface area contributed by atoms with E-state index in [0.29, 0.717) is 0 Å². The zero-order chi connectivity index (χ0) is 15.6. The molecule has 3 rings (SSSR count). The largest absolute Gasteiger partial charge is 0.454 e. The van der Waals surface area contributed by atoms with Crippen LogP contribution < -0.4 is 0 Å². The molecule has 3 saturated heterocycles. The van der Waals surface area contributed by atoms with Crippen LogP contribution in [0.1, 0.15) is 27.7 Å². The summed E-state index contributed by atoms with van der Waals surface area (Å²) < 4.78 is 26.7. The van der Waals surface area contributed by atoms with Gasteiger partial charge in [0, 0.05) is 0 Å². The van der Waals surface area contributed by atoms with Gasteiger partial charge in [-0.3, -0.25) is 4.79 Å². The van der Waals surface area contributed by atoms with Crippen molar-refractivity contribution in [2.75, 3.05) is 0 Å². The van der Waals surface area contributed by atoms with Crippen molar-refractivity contribution in [3.63, 3.8) is 0 Å². The first-order valence-corrected chi connectivity index (χ1v) is 7.78. The van der Waals surface area contributed by atoms with E-state index in [-0.39, 0.29) is 0 Å². The van der Waals surface area contributed by atoms with E-state index < -0.39 is 51.9 Å². The Hall–Kier alpha value is -0.450. The van der Waals surface area contributed by atoms with Crippen molar-refractivity contribution in [2.45, 2.75) is 67.6 Å². The topological polar surface area (TPSA) is 80.3 Å². The third kappa shape index (κ3) is 2.66. The summed E-state index contributed by atoms with van der Waals surface area (Å²) in [4.78, 5) is 23.9. The first-order chi connectivity index (χ1) is 9.58. The van der Waals surface area contributed by atoms with Crippen LogP contribution in [0.4, 0.5) is 0 Å². The van der Waals surface area contributed by atoms with E-state index in [2.05, 4.69) is 0 Å². The van der Waals surface area contributed by atoms with Crippen LogP contribution in [0.2, 0.25) is 0 Å². The van der Waals surface area contributed by atoms with E-state index in [9.17, 15) is 9.59 Å². The summed E-state index contributed by atoms with van der Waals surface area (Å²) in [6, 6.07) is 0. The van der Waals surface area contributed by atoms with Crippen LogP contribution in [-0.2, 0) is 33.3 Å². The molecular formula is C13H17IO7. The van der Waals surface area contributed by atoms with Gasteiger partial charge < -0.3 is 23.7 Å². The van der Waals surface area contributed by atoms with E-state index in [0.717, 1.165) is 0 Å². The molecule has 0 N–H and O–H groups in total. The Balaban J connectivity index is 1.73. The van der Waals surface area contributed by atoms with Crippen molar-refractivity contribution in [2.24, 2.45) is 0 Å². The quantitative estimate of drug-likeness (QED) is 0.379. The fourth-order valence-corrected chi connectivity index (χ4v) is 2.72. The molecule has 118 valence electrons. The smallest absolute Gasteiger partial charge is 0.350 e. The second-order valence-corrected chi connectivity index (χ2v) is 8.97. The van der Waals surface area contributed by atoms with Crippen LogP contribution in [0, 0.1) is 0 Å². The third-order valence-corrected chi connectivity index (χ3v) is 3.97. The van der Waals surface area contributed by atoms with Crippen LogP contribution in [0.5, 0.6) is 0 Å². The Bertz CT molecular complexity index is 483. The van der Waals surface area contributed by atoms with E-state index in [1.807, 2.05) is 22.6 Å². The highest BCUT2D eigenvalue weighted by Crippen LogP contribution is 2.43. The number of alkyl halides is 1. The number of carbonyl (C=O) groups is 2. The molecule has 3 aliphatic heterocycles. The second kappa shape index (κ2) is 4.77. The Morgan fingerprint density at radius 2 is 1.90 bits per heavy atom. The highest BCUT2D eigenvalue weighted by Gasteiger charge is 2.64. The molecule has 0 spiro atoms. The molecule has 0 amide bonds. The predicted molar refractivity (Wildman–Crippen MR) is 76.6 cm³/mol. The van der Waals surface area contributed by atoms with Gasteiger partial charge in [0.25, 0.3) is 0 Å². The van der Waals surface area contributed by atoms with Gasteiger partial charge in [-0.25, -0.2) is 4.79 Å². The SMILES string of the molecule is CC1(C)OC2OC3C(OC(=O)C(C)(C)I)C(=O)OC3C2O1. The average Bonchev–Trinajstić information content (AvgIpc) is 2.87. The summed E-state index contributed by atoms with van der Waals surface area (Å²) in [5.41, 5.74) is 0. The molecule has 3 fully saturated rings. The summed E-state index contributed by atoms with van der Waals surface area (Å²) in [6.45, 7) is 6.92.